The molecule has 0 bridgehead atoms. The molecule has 14 heteroatoms. The van der Waals surface area contributed by atoms with Gasteiger partial charge in [0.05, 0.1) is 37.1 Å². The molecule has 0 saturated carbocycles. The fourth-order valence-corrected chi connectivity index (χ4v) is 5.35. The minimum atomic E-state index is -3.92. The van der Waals surface area contributed by atoms with E-state index in [1.54, 1.807) is 32.3 Å². The van der Waals surface area contributed by atoms with Crippen molar-refractivity contribution in [3.05, 3.63) is 12.7 Å². The molecule has 13 nitrogen and oxygen atoms in total. The van der Waals surface area contributed by atoms with Crippen molar-refractivity contribution >= 4 is 30.8 Å². The minimum Gasteiger partial charge on any atom is -0.463 e. The lowest BCUT2D eigenvalue weighted by Gasteiger charge is -2.35. The van der Waals surface area contributed by atoms with Crippen molar-refractivity contribution < 1.29 is 32.4 Å². The summed E-state index contributed by atoms with van der Waals surface area (Å²) in [5.74, 6) is -0.549. The van der Waals surface area contributed by atoms with E-state index in [0.29, 0.717) is 11.2 Å². The van der Waals surface area contributed by atoms with Crippen LogP contribution >= 0.6 is 7.82 Å². The van der Waals surface area contributed by atoms with E-state index >= 15 is 0 Å². The molecule has 0 aliphatic carbocycles. The molecule has 6 atom stereocenters. The summed E-state index contributed by atoms with van der Waals surface area (Å²) in [4.78, 5) is 24.4. The smallest absolute Gasteiger partial charge is 0.463 e. The number of hydrogen-bond acceptors (Lipinski definition) is 12. The monoisotopic (exact) mass is 484 g/mol. The van der Waals surface area contributed by atoms with Gasteiger partial charge in [0, 0.05) is 0 Å². The Morgan fingerprint density at radius 3 is 2.85 bits per heavy atom. The molecule has 0 amide bonds. The molecule has 2 aromatic rings. The van der Waals surface area contributed by atoms with Gasteiger partial charge in [0.25, 0.3) is 0 Å². The average molecular weight is 484 g/mol. The fraction of sp³-hybridized carbons (Fsp3) is 0.684. The quantitative estimate of drug-likeness (QED) is 0.429. The van der Waals surface area contributed by atoms with Gasteiger partial charge in [0.1, 0.15) is 24.1 Å². The third-order valence-electron chi connectivity index (χ3n) is 5.62. The minimum absolute atomic E-state index is 0.0169. The lowest BCUT2D eigenvalue weighted by atomic mass is 9.93. The molecular formula is C19H29N6O7P. The van der Waals surface area contributed by atoms with E-state index in [2.05, 4.69) is 15.0 Å². The number of carbonyl (C=O) groups excluding carboxylic acids is 1. The zero-order valence-electron chi connectivity index (χ0n) is 18.9. The van der Waals surface area contributed by atoms with Crippen LogP contribution in [0.15, 0.2) is 12.7 Å². The number of carbonyl (C=O) groups is 1. The van der Waals surface area contributed by atoms with E-state index in [0.717, 1.165) is 0 Å². The lowest BCUT2D eigenvalue weighted by Crippen LogP contribution is -2.54. The molecule has 2 aromatic heterocycles. The molecule has 2 fully saturated rings. The van der Waals surface area contributed by atoms with Crippen molar-refractivity contribution in [1.29, 1.82) is 0 Å². The van der Waals surface area contributed by atoms with Gasteiger partial charge >= 0.3 is 13.8 Å². The summed E-state index contributed by atoms with van der Waals surface area (Å²) in [6, 6.07) is 0. The van der Waals surface area contributed by atoms with Gasteiger partial charge in [-0.3, -0.25) is 22.9 Å². The number of hydrogen-bond donors (Lipinski definition) is 2. The van der Waals surface area contributed by atoms with Gasteiger partial charge in [-0.2, -0.15) is 0 Å². The van der Waals surface area contributed by atoms with Gasteiger partial charge in [-0.25, -0.2) is 19.5 Å². The van der Waals surface area contributed by atoms with Crippen molar-refractivity contribution in [3.63, 3.8) is 0 Å². The van der Waals surface area contributed by atoms with Crippen molar-refractivity contribution in [2.45, 2.75) is 64.2 Å². The molecule has 2 saturated heterocycles. The fourth-order valence-electron chi connectivity index (χ4n) is 3.85. The SMILES string of the molecule is CC(C)OC(=O)[C@@H](C)CCO[P@]1(=O)OC[C@H]2O[C@@H](n3cnc4c(N)ncnc43)[C@](C)(N)[C@@H]2O1. The van der Waals surface area contributed by atoms with Crippen LogP contribution in [0.5, 0.6) is 0 Å². The number of phosphoric acid groups is 1. The Kier molecular flexibility index (Phi) is 6.47. The zero-order valence-corrected chi connectivity index (χ0v) is 19.8. The number of esters is 1. The predicted molar refractivity (Wildman–Crippen MR) is 116 cm³/mol. The summed E-state index contributed by atoms with van der Waals surface area (Å²) < 4.78 is 42.6. The van der Waals surface area contributed by atoms with Crippen LogP contribution in [0.25, 0.3) is 11.2 Å². The number of fused-ring (bicyclic) bond motifs is 2. The van der Waals surface area contributed by atoms with Gasteiger partial charge in [0.2, 0.25) is 0 Å². The summed E-state index contributed by atoms with van der Waals surface area (Å²) in [7, 11) is -3.92. The second kappa shape index (κ2) is 8.90. The van der Waals surface area contributed by atoms with Crippen molar-refractivity contribution in [2.24, 2.45) is 11.7 Å². The molecule has 0 aromatic carbocycles. The average Bonchev–Trinajstić information content (AvgIpc) is 3.27. The molecule has 182 valence electrons. The topological polar surface area (TPSA) is 176 Å². The highest BCUT2D eigenvalue weighted by atomic mass is 31.2. The maximum absolute atomic E-state index is 13.1. The van der Waals surface area contributed by atoms with E-state index in [9.17, 15) is 9.36 Å². The van der Waals surface area contributed by atoms with Crippen LogP contribution in [0.3, 0.4) is 0 Å². The highest BCUT2D eigenvalue weighted by Gasteiger charge is 2.59. The second-order valence-electron chi connectivity index (χ2n) is 8.75. The number of aromatic nitrogens is 4. The first-order chi connectivity index (χ1) is 15.5. The molecule has 0 radical (unpaired) electrons. The maximum atomic E-state index is 13.1. The Labute approximate surface area is 190 Å². The number of ether oxygens (including phenoxy) is 2. The van der Waals surface area contributed by atoms with Crippen molar-refractivity contribution in [2.75, 3.05) is 18.9 Å². The van der Waals surface area contributed by atoms with Crippen LogP contribution in [-0.4, -0.2) is 62.6 Å². The first-order valence-corrected chi connectivity index (χ1v) is 12.1. The Morgan fingerprint density at radius 1 is 1.36 bits per heavy atom. The second-order valence-corrected chi connectivity index (χ2v) is 10.4. The van der Waals surface area contributed by atoms with Crippen molar-refractivity contribution in [1.82, 2.24) is 19.5 Å². The Hall–Kier alpha value is -2.15. The molecule has 2 aliphatic heterocycles. The van der Waals surface area contributed by atoms with Crippen LogP contribution < -0.4 is 11.5 Å². The molecule has 4 heterocycles. The first kappa shape index (κ1) is 24.0. The standard InChI is InChI=1S/C19H29N6O7P/c1-10(2)30-17(26)11(3)5-6-28-33(27)29-7-12-14(32-33)19(4,21)18(31-12)25-9-24-13-15(20)22-8-23-16(13)25/h8-12,14,18H,5-7,21H2,1-4H3,(H2,20,22,23)/t11-,12+,14+,18+,19+,33+/m0/s1. The highest BCUT2D eigenvalue weighted by molar-refractivity contribution is 7.48. The molecule has 2 aliphatic rings. The van der Waals surface area contributed by atoms with Crippen LogP contribution in [0.2, 0.25) is 0 Å². The third-order valence-corrected chi connectivity index (χ3v) is 7.07. The Bertz CT molecular complexity index is 1080. The molecule has 4 rings (SSSR count). The normalized spacial score (nSPS) is 32.7. The molecule has 0 spiro atoms. The zero-order chi connectivity index (χ0) is 24.0. The van der Waals surface area contributed by atoms with E-state index in [4.69, 9.17) is 34.5 Å². The molecule has 0 unspecified atom stereocenters. The summed E-state index contributed by atoms with van der Waals surface area (Å²) in [6.07, 6.45) is 0.788. The Balaban J connectivity index is 1.43. The van der Waals surface area contributed by atoms with E-state index in [-0.39, 0.29) is 37.5 Å². The van der Waals surface area contributed by atoms with Crippen LogP contribution in [-0.2, 0) is 32.4 Å². The number of nitrogen functional groups attached to an aromatic ring is 1. The summed E-state index contributed by atoms with van der Waals surface area (Å²) in [6.45, 7) is 6.92. The van der Waals surface area contributed by atoms with Gasteiger partial charge in [-0.05, 0) is 27.2 Å². The van der Waals surface area contributed by atoms with Gasteiger partial charge in [0.15, 0.2) is 17.7 Å². The third kappa shape index (κ3) is 4.61. The Morgan fingerprint density at radius 2 is 2.12 bits per heavy atom. The van der Waals surface area contributed by atoms with Gasteiger partial charge < -0.3 is 20.9 Å². The number of anilines is 1. The highest BCUT2D eigenvalue weighted by Crippen LogP contribution is 2.58. The van der Waals surface area contributed by atoms with Crippen LogP contribution in [0.4, 0.5) is 5.82 Å². The summed E-state index contributed by atoms with van der Waals surface area (Å²) >= 11 is 0. The van der Waals surface area contributed by atoms with Crippen molar-refractivity contribution in [3.8, 4) is 0 Å². The summed E-state index contributed by atoms with van der Waals surface area (Å²) in [5.41, 5.74) is 12.2. The van der Waals surface area contributed by atoms with Gasteiger partial charge in [-0.1, -0.05) is 6.92 Å². The number of nitrogens with zero attached hydrogens (tertiary/aromatic N) is 4. The molecule has 33 heavy (non-hydrogen) atoms. The summed E-state index contributed by atoms with van der Waals surface area (Å²) in [5, 5.41) is 0. The van der Waals surface area contributed by atoms with E-state index < -0.39 is 37.7 Å². The number of rotatable bonds is 7. The molecule has 4 N–H and O–H groups in total. The van der Waals surface area contributed by atoms with E-state index in [1.807, 2.05) is 0 Å². The maximum Gasteiger partial charge on any atom is 0.475 e. The van der Waals surface area contributed by atoms with Gasteiger partial charge in [-0.15, -0.1) is 0 Å². The number of phosphoric ester groups is 1. The predicted octanol–water partition coefficient (Wildman–Crippen LogP) is 1.54. The number of nitrogens with two attached hydrogens (primary N) is 2. The van der Waals surface area contributed by atoms with Crippen LogP contribution in [0, 0.1) is 5.92 Å². The molecular weight excluding hydrogens is 455 g/mol. The lowest BCUT2D eigenvalue weighted by molar-refractivity contribution is -0.152. The van der Waals surface area contributed by atoms with Crippen LogP contribution in [0.1, 0.15) is 40.3 Å². The largest absolute Gasteiger partial charge is 0.475 e. The first-order valence-electron chi connectivity index (χ1n) is 10.7. The van der Waals surface area contributed by atoms with E-state index in [1.165, 1.54) is 12.7 Å². The number of imidazole rings is 1.